The molecule has 0 unspecified atom stereocenters. The average molecular weight is 512 g/mol. The maximum absolute atomic E-state index is 13.4. The first-order chi connectivity index (χ1) is 18.5. The van der Waals surface area contributed by atoms with Gasteiger partial charge in [-0.05, 0) is 69.0 Å². The van der Waals surface area contributed by atoms with E-state index in [0.717, 1.165) is 64.0 Å². The van der Waals surface area contributed by atoms with Crippen molar-refractivity contribution >= 4 is 25.0 Å². The monoisotopic (exact) mass is 512 g/mol. The molecule has 2 saturated heterocycles. The third-order valence-corrected chi connectivity index (χ3v) is 8.24. The van der Waals surface area contributed by atoms with E-state index in [1.165, 1.54) is 32.1 Å². The van der Waals surface area contributed by atoms with Crippen LogP contribution in [0.2, 0.25) is 0 Å². The molecule has 2 aromatic rings. The highest BCUT2D eigenvalue weighted by Gasteiger charge is 2.28. The second kappa shape index (κ2) is 12.2. The van der Waals surface area contributed by atoms with E-state index in [1.54, 1.807) is 5.01 Å². The van der Waals surface area contributed by atoms with Crippen molar-refractivity contribution in [2.75, 3.05) is 51.3 Å². The smallest absolute Gasteiger partial charge is 0.269 e. The van der Waals surface area contributed by atoms with Crippen molar-refractivity contribution in [1.82, 2.24) is 30.1 Å². The highest BCUT2D eigenvalue weighted by atomic mass is 16.2. The molecule has 1 amide bonds. The molecule has 38 heavy (non-hydrogen) atoms. The molecule has 198 valence electrons. The topological polar surface area (TPSA) is 91.6 Å². The van der Waals surface area contributed by atoms with E-state index >= 15 is 0 Å². The molecule has 0 bridgehead atoms. The van der Waals surface area contributed by atoms with Gasteiger partial charge in [-0.2, -0.15) is 5.26 Å². The van der Waals surface area contributed by atoms with Gasteiger partial charge in [0.15, 0.2) is 0 Å². The Hall–Kier alpha value is -3.00. The summed E-state index contributed by atoms with van der Waals surface area (Å²) in [6, 6.07) is 10.6. The van der Waals surface area contributed by atoms with Gasteiger partial charge < -0.3 is 4.90 Å². The molecular formula is C28H37BN8O. The van der Waals surface area contributed by atoms with Gasteiger partial charge in [0.1, 0.15) is 19.7 Å². The fraction of sp³-hybridized carbons (Fsp3) is 0.571. The summed E-state index contributed by atoms with van der Waals surface area (Å²) in [5, 5.41) is 11.0. The Morgan fingerprint density at radius 1 is 1.13 bits per heavy atom. The number of anilines is 1. The number of likely N-dealkylation sites (tertiary alicyclic amines) is 1. The van der Waals surface area contributed by atoms with Crippen LogP contribution in [-0.2, 0) is 6.54 Å². The number of aromatic nitrogens is 2. The van der Waals surface area contributed by atoms with Crippen molar-refractivity contribution in [3.63, 3.8) is 0 Å². The van der Waals surface area contributed by atoms with Gasteiger partial charge in [0.05, 0.1) is 6.04 Å². The number of piperazine rings is 1. The molecule has 3 heterocycles. The molecule has 1 aromatic carbocycles. The van der Waals surface area contributed by atoms with Crippen molar-refractivity contribution in [2.24, 2.45) is 0 Å². The Morgan fingerprint density at radius 3 is 2.58 bits per heavy atom. The van der Waals surface area contributed by atoms with Crippen LogP contribution in [0.3, 0.4) is 0 Å². The van der Waals surface area contributed by atoms with Gasteiger partial charge in [0, 0.05) is 50.5 Å². The van der Waals surface area contributed by atoms with Crippen molar-refractivity contribution in [2.45, 2.75) is 57.2 Å². The number of hydrazine groups is 1. The minimum absolute atomic E-state index is 0.0323. The second-order valence-electron chi connectivity index (χ2n) is 10.9. The molecule has 0 atom stereocenters. The summed E-state index contributed by atoms with van der Waals surface area (Å²) >= 11 is 0. The Balaban J connectivity index is 1.22. The number of nitrogens with one attached hydrogen (secondary N) is 1. The van der Waals surface area contributed by atoms with E-state index in [4.69, 9.17) is 7.85 Å². The molecule has 3 aliphatic rings. The van der Waals surface area contributed by atoms with Crippen LogP contribution in [0.25, 0.3) is 0 Å². The average Bonchev–Trinajstić information content (AvgIpc) is 3.48. The molecule has 1 saturated carbocycles. The van der Waals surface area contributed by atoms with Crippen LogP contribution in [0.15, 0.2) is 30.5 Å². The van der Waals surface area contributed by atoms with E-state index in [1.807, 2.05) is 24.3 Å². The molecule has 2 radical (unpaired) electrons. The first kappa shape index (κ1) is 26.6. The Bertz CT molecular complexity index is 1150. The fourth-order valence-electron chi connectivity index (χ4n) is 5.98. The van der Waals surface area contributed by atoms with Gasteiger partial charge in [-0.1, -0.05) is 25.0 Å². The first-order valence-electron chi connectivity index (χ1n) is 13.9. The van der Waals surface area contributed by atoms with Gasteiger partial charge >= 0.3 is 0 Å². The van der Waals surface area contributed by atoms with Gasteiger partial charge in [-0.25, -0.2) is 9.97 Å². The van der Waals surface area contributed by atoms with Crippen LogP contribution in [0, 0.1) is 11.3 Å². The number of nitrogens with zero attached hydrogens (tertiary/aromatic N) is 7. The lowest BCUT2D eigenvalue weighted by Crippen LogP contribution is -2.52. The summed E-state index contributed by atoms with van der Waals surface area (Å²) in [5.41, 5.74) is 5.13. The number of hydrogen-bond acceptors (Lipinski definition) is 8. The molecule has 1 N–H and O–H groups in total. The van der Waals surface area contributed by atoms with Crippen molar-refractivity contribution in [3.05, 3.63) is 47.4 Å². The molecule has 1 aliphatic carbocycles. The molecule has 5 rings (SSSR count). The van der Waals surface area contributed by atoms with E-state index in [9.17, 15) is 10.1 Å². The van der Waals surface area contributed by atoms with Gasteiger partial charge in [0.2, 0.25) is 5.82 Å². The quantitative estimate of drug-likeness (QED) is 0.441. The molecule has 10 heteroatoms. The Labute approximate surface area is 227 Å². The number of rotatable bonds is 7. The van der Waals surface area contributed by atoms with Crippen molar-refractivity contribution in [3.8, 4) is 6.07 Å². The molecular weight excluding hydrogens is 475 g/mol. The van der Waals surface area contributed by atoms with E-state index in [2.05, 4.69) is 43.2 Å². The third-order valence-electron chi connectivity index (χ3n) is 8.24. The molecule has 0 spiro atoms. The SMILES string of the molecule is [B]c1cnc(C#N)nc1N(NC(=O)c1cccc(CN2CCC(N3CCN(C)CC3)CC2)c1)C1CCCC1. The maximum Gasteiger partial charge on any atom is 0.269 e. The largest absolute Gasteiger partial charge is 0.304 e. The minimum Gasteiger partial charge on any atom is -0.304 e. The summed E-state index contributed by atoms with van der Waals surface area (Å²) in [4.78, 5) is 29.3. The predicted octanol–water partition coefficient (Wildman–Crippen LogP) is 1.45. The zero-order valence-electron chi connectivity index (χ0n) is 22.3. The summed E-state index contributed by atoms with van der Waals surface area (Å²) in [5.74, 6) is 0.213. The van der Waals surface area contributed by atoms with Crippen molar-refractivity contribution < 1.29 is 4.79 Å². The van der Waals surface area contributed by atoms with E-state index in [-0.39, 0.29) is 17.8 Å². The lowest BCUT2D eigenvalue weighted by atomic mass is 9.98. The van der Waals surface area contributed by atoms with Crippen LogP contribution >= 0.6 is 0 Å². The number of nitriles is 1. The molecule has 9 nitrogen and oxygen atoms in total. The molecule has 3 fully saturated rings. The number of likely N-dealkylation sites (N-methyl/N-ethyl adjacent to an activating group) is 1. The standard InChI is InChI=1S/C28H37BN8O/c1-34-13-15-36(16-14-34)23-9-11-35(12-10-23)20-21-5-4-6-22(17-21)28(38)33-37(24-7-2-3-8-24)27-25(29)19-31-26(18-30)32-27/h4-6,17,19,23-24H,2-3,7-16,20H2,1H3,(H,33,38). The zero-order chi connectivity index (χ0) is 26.5. The van der Waals surface area contributed by atoms with E-state index < -0.39 is 0 Å². The number of hydrogen-bond donors (Lipinski definition) is 1. The van der Waals surface area contributed by atoms with E-state index in [0.29, 0.717) is 22.9 Å². The van der Waals surface area contributed by atoms with Crippen LogP contribution in [0.4, 0.5) is 5.82 Å². The predicted molar refractivity (Wildman–Crippen MR) is 148 cm³/mol. The normalized spacial score (nSPS) is 20.3. The van der Waals surface area contributed by atoms with Crippen LogP contribution < -0.4 is 15.9 Å². The van der Waals surface area contributed by atoms with Crippen molar-refractivity contribution in [1.29, 1.82) is 5.26 Å². The molecule has 2 aliphatic heterocycles. The summed E-state index contributed by atoms with van der Waals surface area (Å²) in [6.07, 6.45) is 7.84. The molecule has 1 aromatic heterocycles. The second-order valence-corrected chi connectivity index (χ2v) is 10.9. The minimum atomic E-state index is -0.205. The zero-order valence-corrected chi connectivity index (χ0v) is 22.3. The first-order valence-corrected chi connectivity index (χ1v) is 13.9. The number of benzene rings is 1. The lowest BCUT2D eigenvalue weighted by molar-refractivity contribution is 0.0658. The van der Waals surface area contributed by atoms with Crippen LogP contribution in [0.1, 0.15) is 60.3 Å². The summed E-state index contributed by atoms with van der Waals surface area (Å²) < 4.78 is 0. The summed E-state index contributed by atoms with van der Waals surface area (Å²) in [6.45, 7) is 7.68. The van der Waals surface area contributed by atoms with Gasteiger partial charge in [-0.15, -0.1) is 0 Å². The summed E-state index contributed by atoms with van der Waals surface area (Å²) in [7, 11) is 8.39. The Morgan fingerprint density at radius 2 is 1.87 bits per heavy atom. The van der Waals surface area contributed by atoms with Crippen LogP contribution in [-0.4, -0.2) is 96.8 Å². The number of carbonyl (C=O) groups excluding carboxylic acids is 1. The number of amides is 1. The van der Waals surface area contributed by atoms with Gasteiger partial charge in [0.25, 0.3) is 5.91 Å². The van der Waals surface area contributed by atoms with Crippen LogP contribution in [0.5, 0.6) is 0 Å². The Kier molecular flexibility index (Phi) is 8.57. The number of piperidine rings is 1. The lowest BCUT2D eigenvalue weighted by Gasteiger charge is -2.42. The highest BCUT2D eigenvalue weighted by Crippen LogP contribution is 2.25. The highest BCUT2D eigenvalue weighted by molar-refractivity contribution is 6.35. The third kappa shape index (κ3) is 6.34. The van der Waals surface area contributed by atoms with Gasteiger partial charge in [-0.3, -0.25) is 25.0 Å². The fourth-order valence-corrected chi connectivity index (χ4v) is 5.98. The number of carbonyl (C=O) groups is 1. The maximum atomic E-state index is 13.4.